The Hall–Kier alpha value is -1.70. The highest BCUT2D eigenvalue weighted by Gasteiger charge is 2.06. The molecule has 6 nitrogen and oxygen atoms in total. The molecule has 1 N–H and O–H groups in total. The van der Waals surface area contributed by atoms with Gasteiger partial charge in [-0.05, 0) is 26.0 Å². The zero-order valence-corrected chi connectivity index (χ0v) is 15.9. The van der Waals surface area contributed by atoms with E-state index in [9.17, 15) is 17.8 Å². The van der Waals surface area contributed by atoms with Gasteiger partial charge in [0.15, 0.2) is 0 Å². The Morgan fingerprint density at radius 3 is 2.08 bits per heavy atom. The lowest BCUT2D eigenvalue weighted by molar-refractivity contribution is -0.870. The van der Waals surface area contributed by atoms with Crippen LogP contribution in [0.1, 0.15) is 18.9 Å². The quantitative estimate of drug-likeness (QED) is 0.364. The molecule has 0 aliphatic rings. The average Bonchev–Trinajstić information content (AvgIpc) is 2.42. The Morgan fingerprint density at radius 2 is 1.71 bits per heavy atom. The van der Waals surface area contributed by atoms with Crippen LogP contribution in [0.5, 0.6) is 0 Å². The standard InChI is InChI=1S/C10H20N2O.C7H8O3S/c1-9(2)10(13)11-7-6-8-12(3,4)5;1-6-2-4-7(5-3-6)11(8,9)10/h1,6-8H2,2-5H3;2-5H,1H3,(H,8,9,10). The van der Waals surface area contributed by atoms with Gasteiger partial charge < -0.3 is 14.4 Å². The summed E-state index contributed by atoms with van der Waals surface area (Å²) in [5, 5.41) is 2.81. The topological polar surface area (TPSA) is 86.3 Å². The van der Waals surface area contributed by atoms with E-state index in [-0.39, 0.29) is 10.8 Å². The molecule has 24 heavy (non-hydrogen) atoms. The molecule has 136 valence electrons. The number of amides is 1. The molecule has 7 heteroatoms. The largest absolute Gasteiger partial charge is 0.744 e. The van der Waals surface area contributed by atoms with Gasteiger partial charge in [-0.25, -0.2) is 8.42 Å². The number of carbonyl (C=O) groups excluding carboxylic acids is 1. The predicted octanol–water partition coefficient (Wildman–Crippen LogP) is 1.67. The van der Waals surface area contributed by atoms with Crippen molar-refractivity contribution in [3.05, 3.63) is 42.0 Å². The minimum absolute atomic E-state index is 0.0404. The number of nitrogens with one attached hydrogen (secondary N) is 1. The van der Waals surface area contributed by atoms with Gasteiger partial charge in [-0.3, -0.25) is 4.79 Å². The van der Waals surface area contributed by atoms with E-state index in [0.29, 0.717) is 5.57 Å². The molecular weight excluding hydrogens is 328 g/mol. The van der Waals surface area contributed by atoms with Crippen LogP contribution in [-0.4, -0.2) is 57.6 Å². The van der Waals surface area contributed by atoms with Crippen LogP contribution >= 0.6 is 0 Å². The number of hydrogen-bond donors (Lipinski definition) is 1. The van der Waals surface area contributed by atoms with E-state index in [1.165, 1.54) is 12.1 Å². The third kappa shape index (κ3) is 10.9. The maximum Gasteiger partial charge on any atom is 0.246 e. The van der Waals surface area contributed by atoms with Gasteiger partial charge in [-0.1, -0.05) is 24.3 Å². The molecule has 0 saturated heterocycles. The van der Waals surface area contributed by atoms with E-state index >= 15 is 0 Å². The maximum atomic E-state index is 11.1. The van der Waals surface area contributed by atoms with Gasteiger partial charge in [-0.15, -0.1) is 0 Å². The first-order valence-electron chi connectivity index (χ1n) is 7.59. The Bertz CT molecular complexity index is 644. The van der Waals surface area contributed by atoms with Crippen LogP contribution in [0, 0.1) is 6.92 Å². The minimum Gasteiger partial charge on any atom is -0.744 e. The predicted molar refractivity (Wildman–Crippen MR) is 94.5 cm³/mol. The summed E-state index contributed by atoms with van der Waals surface area (Å²) in [6.07, 6.45) is 1.00. The first-order valence-corrected chi connectivity index (χ1v) is 9.00. The van der Waals surface area contributed by atoms with Crippen LogP contribution in [0.25, 0.3) is 0 Å². The van der Waals surface area contributed by atoms with Crippen molar-refractivity contribution in [3.63, 3.8) is 0 Å². The van der Waals surface area contributed by atoms with E-state index in [1.54, 1.807) is 19.1 Å². The van der Waals surface area contributed by atoms with Crippen molar-refractivity contribution in [2.24, 2.45) is 0 Å². The lowest BCUT2D eigenvalue weighted by Gasteiger charge is -2.23. The second-order valence-electron chi connectivity index (χ2n) is 6.67. The Labute approximate surface area is 145 Å². The van der Waals surface area contributed by atoms with Crippen molar-refractivity contribution in [2.75, 3.05) is 34.2 Å². The first-order chi connectivity index (χ1) is 10.8. The fourth-order valence-corrected chi connectivity index (χ4v) is 2.08. The van der Waals surface area contributed by atoms with E-state index in [2.05, 4.69) is 33.0 Å². The fourth-order valence-electron chi connectivity index (χ4n) is 1.61. The highest BCUT2D eigenvalue weighted by atomic mass is 32.2. The van der Waals surface area contributed by atoms with Crippen molar-refractivity contribution in [2.45, 2.75) is 25.2 Å². The molecule has 1 aromatic rings. The molecule has 0 spiro atoms. The molecule has 0 unspecified atom stereocenters. The number of benzene rings is 1. The average molecular weight is 356 g/mol. The lowest BCUT2D eigenvalue weighted by Crippen LogP contribution is -2.37. The van der Waals surface area contributed by atoms with Crippen molar-refractivity contribution in [1.29, 1.82) is 0 Å². The maximum absolute atomic E-state index is 11.1. The summed E-state index contributed by atoms with van der Waals surface area (Å²) in [5.74, 6) is -0.0404. The van der Waals surface area contributed by atoms with Crippen molar-refractivity contribution >= 4 is 16.0 Å². The van der Waals surface area contributed by atoms with Gasteiger partial charge in [0.25, 0.3) is 0 Å². The number of nitrogens with zero attached hydrogens (tertiary/aromatic N) is 1. The van der Waals surface area contributed by atoms with E-state index in [1.807, 2.05) is 6.92 Å². The smallest absolute Gasteiger partial charge is 0.246 e. The molecule has 1 amide bonds. The van der Waals surface area contributed by atoms with Gasteiger partial charge in [-0.2, -0.15) is 0 Å². The van der Waals surface area contributed by atoms with Gasteiger partial charge in [0, 0.05) is 18.5 Å². The summed E-state index contributed by atoms with van der Waals surface area (Å²) in [4.78, 5) is 10.9. The third-order valence-electron chi connectivity index (χ3n) is 2.99. The van der Waals surface area contributed by atoms with Gasteiger partial charge in [0.05, 0.1) is 32.6 Å². The highest BCUT2D eigenvalue weighted by Crippen LogP contribution is 2.08. The number of hydrogen-bond acceptors (Lipinski definition) is 4. The normalized spacial score (nSPS) is 11.2. The molecule has 0 bridgehead atoms. The summed E-state index contributed by atoms with van der Waals surface area (Å²) in [7, 11) is 2.15. The zero-order valence-electron chi connectivity index (χ0n) is 15.1. The van der Waals surface area contributed by atoms with E-state index in [4.69, 9.17) is 0 Å². The van der Waals surface area contributed by atoms with Crippen molar-refractivity contribution in [3.8, 4) is 0 Å². The van der Waals surface area contributed by atoms with Crippen LogP contribution in [0.3, 0.4) is 0 Å². The molecule has 0 fully saturated rings. The summed E-state index contributed by atoms with van der Waals surface area (Å²) < 4.78 is 32.1. The molecule has 0 radical (unpaired) electrons. The summed E-state index contributed by atoms with van der Waals surface area (Å²) in [6.45, 7) is 8.91. The Balaban J connectivity index is 0.000000446. The number of carbonyl (C=O) groups is 1. The molecule has 0 atom stereocenters. The van der Waals surface area contributed by atoms with Crippen LogP contribution in [0.4, 0.5) is 0 Å². The number of rotatable bonds is 6. The first kappa shape index (κ1) is 22.3. The van der Waals surface area contributed by atoms with Crippen molar-refractivity contribution < 1.29 is 22.2 Å². The van der Waals surface area contributed by atoms with Crippen LogP contribution in [0.15, 0.2) is 41.3 Å². The molecule has 0 saturated carbocycles. The van der Waals surface area contributed by atoms with Crippen molar-refractivity contribution in [1.82, 2.24) is 5.32 Å². The second-order valence-corrected chi connectivity index (χ2v) is 8.05. The Morgan fingerprint density at radius 1 is 1.21 bits per heavy atom. The molecule has 0 aromatic heterocycles. The molecule has 1 aromatic carbocycles. The molecule has 0 aliphatic heterocycles. The molecular formula is C17H28N2O4S. The minimum atomic E-state index is -4.27. The fraction of sp³-hybridized carbons (Fsp3) is 0.471. The third-order valence-corrected chi connectivity index (χ3v) is 3.84. The van der Waals surface area contributed by atoms with Gasteiger partial charge >= 0.3 is 0 Å². The highest BCUT2D eigenvalue weighted by molar-refractivity contribution is 7.85. The van der Waals surface area contributed by atoms with Crippen LogP contribution in [0.2, 0.25) is 0 Å². The summed E-state index contributed by atoms with van der Waals surface area (Å²) >= 11 is 0. The van der Waals surface area contributed by atoms with E-state index in [0.717, 1.165) is 29.6 Å². The summed E-state index contributed by atoms with van der Waals surface area (Å²) in [6, 6.07) is 5.78. The van der Waals surface area contributed by atoms with Gasteiger partial charge in [0.2, 0.25) is 5.91 Å². The lowest BCUT2D eigenvalue weighted by atomic mass is 10.2. The molecule has 0 aliphatic carbocycles. The van der Waals surface area contributed by atoms with Crippen LogP contribution in [-0.2, 0) is 14.9 Å². The SMILES string of the molecule is C=C(C)C(=O)NCCC[N+](C)(C)C.Cc1ccc(S(=O)(=O)[O-])cc1. The second kappa shape index (κ2) is 9.56. The van der Waals surface area contributed by atoms with Crippen LogP contribution < -0.4 is 5.32 Å². The van der Waals surface area contributed by atoms with Gasteiger partial charge in [0.1, 0.15) is 10.1 Å². The number of aryl methyl sites for hydroxylation is 1. The number of quaternary nitrogens is 1. The van der Waals surface area contributed by atoms with E-state index < -0.39 is 10.1 Å². The summed E-state index contributed by atoms with van der Waals surface area (Å²) in [5.41, 5.74) is 1.50. The monoisotopic (exact) mass is 356 g/mol. The Kier molecular flexibility index (Phi) is 8.88. The molecule has 0 heterocycles. The molecule has 1 rings (SSSR count). The zero-order chi connectivity index (χ0) is 19.0.